The van der Waals surface area contributed by atoms with Crippen molar-refractivity contribution in [2.45, 2.75) is 32.2 Å². The first-order valence-corrected chi connectivity index (χ1v) is 7.30. The summed E-state index contributed by atoms with van der Waals surface area (Å²) in [5.41, 5.74) is 14.5. The van der Waals surface area contributed by atoms with Crippen molar-refractivity contribution in [3.05, 3.63) is 32.7 Å². The highest BCUT2D eigenvalue weighted by molar-refractivity contribution is 7.80. The molecule has 1 aromatic carbocycles. The fourth-order valence-electron chi connectivity index (χ4n) is 2.94. The molecule has 5 nitrogen and oxygen atoms in total. The summed E-state index contributed by atoms with van der Waals surface area (Å²) in [5, 5.41) is 7.11. The van der Waals surface area contributed by atoms with Crippen molar-refractivity contribution >= 4 is 18.3 Å². The van der Waals surface area contributed by atoms with Gasteiger partial charge in [0.1, 0.15) is 0 Å². The average molecular weight is 291 g/mol. The fourth-order valence-corrected chi connectivity index (χ4v) is 3.18. The predicted octanol–water partition coefficient (Wildman–Crippen LogP) is 3.12. The quantitative estimate of drug-likeness (QED) is 0.389. The smallest absolute Gasteiger partial charge is 0.0517 e. The average Bonchev–Trinajstić information content (AvgIpc) is 2.46. The normalized spacial score (nSPS) is 15.1. The van der Waals surface area contributed by atoms with Gasteiger partial charge in [0, 0.05) is 41.7 Å². The summed E-state index contributed by atoms with van der Waals surface area (Å²) in [6, 6.07) is 0. The lowest BCUT2D eigenvalue weighted by Crippen LogP contribution is -2.44. The number of hydrogen-bond acceptors (Lipinski definition) is 4. The van der Waals surface area contributed by atoms with Crippen LogP contribution in [0.4, 0.5) is 5.69 Å². The van der Waals surface area contributed by atoms with Crippen molar-refractivity contribution in [2.75, 3.05) is 31.1 Å². The molecule has 0 radical (unpaired) electrons. The van der Waals surface area contributed by atoms with E-state index in [1.165, 1.54) is 16.8 Å². The van der Waals surface area contributed by atoms with Crippen molar-refractivity contribution in [1.29, 1.82) is 0 Å². The molecule has 6 heteroatoms. The van der Waals surface area contributed by atoms with E-state index in [9.17, 15) is 0 Å². The van der Waals surface area contributed by atoms with Crippen LogP contribution in [0.3, 0.4) is 0 Å². The van der Waals surface area contributed by atoms with Gasteiger partial charge in [-0.3, -0.25) is 0 Å². The minimum absolute atomic E-state index is 0.390. The molecule has 0 amide bonds. The molecular formula is C14H21N5S. The number of thiol groups is 1. The maximum Gasteiger partial charge on any atom is 0.0517 e. The Kier molecular flexibility index (Phi) is 4.81. The monoisotopic (exact) mass is 291 g/mol. The Balaban J connectivity index is 2.54. The summed E-state index contributed by atoms with van der Waals surface area (Å²) in [7, 11) is 0. The molecule has 108 valence electrons. The zero-order valence-electron chi connectivity index (χ0n) is 12.3. The minimum Gasteiger partial charge on any atom is -0.369 e. The Morgan fingerprint density at radius 1 is 1.20 bits per heavy atom. The zero-order chi connectivity index (χ0) is 14.7. The van der Waals surface area contributed by atoms with Gasteiger partial charge in [0.2, 0.25) is 0 Å². The summed E-state index contributed by atoms with van der Waals surface area (Å²) in [6.45, 7) is 10.7. The van der Waals surface area contributed by atoms with Gasteiger partial charge in [0.15, 0.2) is 0 Å². The summed E-state index contributed by atoms with van der Waals surface area (Å²) in [6.07, 6.45) is 0. The fraction of sp³-hybridized carbons (Fsp3) is 0.571. The topological polar surface area (TPSA) is 64.0 Å². The number of nitrogens with zero attached hydrogens (tertiary/aromatic N) is 4. The molecular weight excluding hydrogens is 270 g/mol. The number of azide groups is 1. The molecule has 0 spiro atoms. The van der Waals surface area contributed by atoms with Gasteiger partial charge in [-0.25, -0.2) is 0 Å². The van der Waals surface area contributed by atoms with Crippen LogP contribution in [-0.4, -0.2) is 26.2 Å². The maximum absolute atomic E-state index is 8.57. The molecule has 2 rings (SSSR count). The van der Waals surface area contributed by atoms with E-state index in [1.54, 1.807) is 0 Å². The second-order valence-corrected chi connectivity index (χ2v) is 5.62. The van der Waals surface area contributed by atoms with E-state index < -0.39 is 0 Å². The maximum atomic E-state index is 8.57. The van der Waals surface area contributed by atoms with E-state index in [-0.39, 0.29) is 0 Å². The van der Waals surface area contributed by atoms with Crippen LogP contribution < -0.4 is 10.2 Å². The van der Waals surface area contributed by atoms with Crippen LogP contribution in [-0.2, 0) is 6.54 Å². The Labute approximate surface area is 125 Å². The van der Waals surface area contributed by atoms with Crippen LogP contribution in [0.1, 0.15) is 22.3 Å². The van der Waals surface area contributed by atoms with Crippen LogP contribution in [0.2, 0.25) is 0 Å². The number of anilines is 1. The Bertz CT molecular complexity index is 557. The van der Waals surface area contributed by atoms with Gasteiger partial charge < -0.3 is 10.2 Å². The summed E-state index contributed by atoms with van der Waals surface area (Å²) in [5.74, 6) is 0. The first kappa shape index (κ1) is 15.0. The molecule has 1 heterocycles. The van der Waals surface area contributed by atoms with E-state index in [0.717, 1.165) is 42.2 Å². The molecule has 0 saturated carbocycles. The molecule has 0 atom stereocenters. The molecule has 1 aliphatic heterocycles. The third-order valence-corrected chi connectivity index (χ3v) is 4.72. The van der Waals surface area contributed by atoms with E-state index in [0.29, 0.717) is 6.54 Å². The van der Waals surface area contributed by atoms with Crippen LogP contribution >= 0.6 is 12.6 Å². The molecule has 0 aliphatic carbocycles. The summed E-state index contributed by atoms with van der Waals surface area (Å²) < 4.78 is 0. The second-order valence-electron chi connectivity index (χ2n) is 5.18. The van der Waals surface area contributed by atoms with Crippen molar-refractivity contribution in [1.82, 2.24) is 5.32 Å². The zero-order valence-corrected chi connectivity index (χ0v) is 13.2. The lowest BCUT2D eigenvalue weighted by atomic mass is 9.96. The SMILES string of the molecule is Cc1c(S)c(C)c(N2CCNCC2)c(C)c1CN=[N+]=[N-]. The first-order valence-electron chi connectivity index (χ1n) is 6.86. The van der Waals surface area contributed by atoms with E-state index >= 15 is 0 Å². The first-order chi connectivity index (χ1) is 9.57. The molecule has 1 N–H and O–H groups in total. The Morgan fingerprint density at radius 3 is 2.45 bits per heavy atom. The van der Waals surface area contributed by atoms with Crippen molar-refractivity contribution < 1.29 is 0 Å². The van der Waals surface area contributed by atoms with Gasteiger partial charge in [0.25, 0.3) is 0 Å². The number of nitrogens with one attached hydrogen (secondary N) is 1. The van der Waals surface area contributed by atoms with Gasteiger partial charge in [-0.1, -0.05) is 5.11 Å². The lowest BCUT2D eigenvalue weighted by molar-refractivity contribution is 0.586. The van der Waals surface area contributed by atoms with Crippen LogP contribution in [0, 0.1) is 20.8 Å². The van der Waals surface area contributed by atoms with Gasteiger partial charge >= 0.3 is 0 Å². The van der Waals surface area contributed by atoms with Gasteiger partial charge in [-0.05, 0) is 48.6 Å². The van der Waals surface area contributed by atoms with E-state index in [4.69, 9.17) is 5.53 Å². The minimum atomic E-state index is 0.390. The van der Waals surface area contributed by atoms with Gasteiger partial charge in [0.05, 0.1) is 6.54 Å². The van der Waals surface area contributed by atoms with E-state index in [2.05, 4.69) is 46.7 Å². The lowest BCUT2D eigenvalue weighted by Gasteiger charge is -2.34. The number of piperazine rings is 1. The second kappa shape index (κ2) is 6.39. The van der Waals surface area contributed by atoms with Crippen molar-refractivity contribution in [3.8, 4) is 0 Å². The van der Waals surface area contributed by atoms with Crippen molar-refractivity contribution in [2.24, 2.45) is 5.11 Å². The highest BCUT2D eigenvalue weighted by Crippen LogP contribution is 2.36. The number of benzene rings is 1. The van der Waals surface area contributed by atoms with Crippen molar-refractivity contribution in [3.63, 3.8) is 0 Å². The van der Waals surface area contributed by atoms with Gasteiger partial charge in [-0.2, -0.15) is 0 Å². The Morgan fingerprint density at radius 2 is 1.85 bits per heavy atom. The molecule has 1 aromatic rings. The molecule has 1 saturated heterocycles. The number of rotatable bonds is 3. The van der Waals surface area contributed by atoms with E-state index in [1.807, 2.05) is 6.92 Å². The third-order valence-electron chi connectivity index (χ3n) is 4.05. The summed E-state index contributed by atoms with van der Waals surface area (Å²) in [4.78, 5) is 6.29. The van der Waals surface area contributed by atoms with Crippen LogP contribution in [0.5, 0.6) is 0 Å². The molecule has 0 bridgehead atoms. The summed E-state index contributed by atoms with van der Waals surface area (Å²) >= 11 is 4.66. The molecule has 1 aliphatic rings. The standard InChI is InChI=1S/C14H21N5S/c1-9-12(8-17-18-15)10(2)14(20)11(3)13(9)19-6-4-16-5-7-19/h16,20H,4-8H2,1-3H3. The highest BCUT2D eigenvalue weighted by Gasteiger charge is 2.20. The highest BCUT2D eigenvalue weighted by atomic mass is 32.1. The van der Waals surface area contributed by atoms with Crippen LogP contribution in [0.25, 0.3) is 10.4 Å². The Hall–Kier alpha value is -1.36. The van der Waals surface area contributed by atoms with Gasteiger partial charge in [-0.15, -0.1) is 12.6 Å². The third kappa shape index (κ3) is 2.73. The largest absolute Gasteiger partial charge is 0.369 e. The molecule has 0 aromatic heterocycles. The van der Waals surface area contributed by atoms with Crippen LogP contribution in [0.15, 0.2) is 10.0 Å². The molecule has 1 fully saturated rings. The predicted molar refractivity (Wildman–Crippen MR) is 85.8 cm³/mol. The molecule has 20 heavy (non-hydrogen) atoms. The molecule has 0 unspecified atom stereocenters. The number of hydrogen-bond donors (Lipinski definition) is 2.